The summed E-state index contributed by atoms with van der Waals surface area (Å²) in [7, 11) is 3.19. The van der Waals surface area contributed by atoms with E-state index in [2.05, 4.69) is 10.3 Å². The molecule has 0 saturated carbocycles. The van der Waals surface area contributed by atoms with E-state index < -0.39 is 17.2 Å². The van der Waals surface area contributed by atoms with Gasteiger partial charge in [0.05, 0.1) is 5.69 Å². The molecule has 9 heteroatoms. The highest BCUT2D eigenvalue weighted by Gasteiger charge is 2.32. The second kappa shape index (κ2) is 11.9. The van der Waals surface area contributed by atoms with Crippen LogP contribution < -0.4 is 5.32 Å². The lowest BCUT2D eigenvalue weighted by molar-refractivity contribution is 0.0202. The van der Waals surface area contributed by atoms with Crippen molar-refractivity contribution >= 4 is 23.4 Å². The van der Waals surface area contributed by atoms with E-state index >= 15 is 4.39 Å². The fourth-order valence-corrected chi connectivity index (χ4v) is 4.64. The number of likely N-dealkylation sites (tertiary alicyclic amines) is 1. The molecule has 0 bridgehead atoms. The highest BCUT2D eigenvalue weighted by Crippen LogP contribution is 2.38. The molecule has 7 nitrogen and oxygen atoms in total. The molecule has 2 aromatic rings. The number of anilines is 1. The largest absolute Gasteiger partial charge is 0.444 e. The van der Waals surface area contributed by atoms with Gasteiger partial charge in [0.15, 0.2) is 0 Å². The molecule has 2 aliphatic rings. The number of amides is 2. The van der Waals surface area contributed by atoms with E-state index in [1.54, 1.807) is 25.1 Å². The molecule has 4 rings (SSSR count). The van der Waals surface area contributed by atoms with Crippen LogP contribution in [0.2, 0.25) is 0 Å². The predicted molar refractivity (Wildman–Crippen MR) is 147 cm³/mol. The van der Waals surface area contributed by atoms with Crippen LogP contribution in [0.4, 0.5) is 19.3 Å². The van der Waals surface area contributed by atoms with Gasteiger partial charge in [-0.25, -0.2) is 13.6 Å². The van der Waals surface area contributed by atoms with Crippen LogP contribution in [-0.4, -0.2) is 67.0 Å². The fourth-order valence-electron chi connectivity index (χ4n) is 4.64. The quantitative estimate of drug-likeness (QED) is 0.516. The Bertz CT molecular complexity index is 1210. The highest BCUT2D eigenvalue weighted by atomic mass is 19.1. The van der Waals surface area contributed by atoms with Gasteiger partial charge in [-0.05, 0) is 57.9 Å². The summed E-state index contributed by atoms with van der Waals surface area (Å²) in [4.78, 5) is 32.4. The normalized spacial score (nSPS) is 15.4. The summed E-state index contributed by atoms with van der Waals surface area (Å²) in [6.45, 7) is 10.8. The lowest BCUT2D eigenvalue weighted by Crippen LogP contribution is -2.43. The van der Waals surface area contributed by atoms with E-state index in [0.29, 0.717) is 42.7 Å². The minimum atomic E-state index is -0.605. The molecule has 0 aliphatic carbocycles. The van der Waals surface area contributed by atoms with Crippen LogP contribution in [0.25, 0.3) is 11.1 Å². The maximum atomic E-state index is 15.1. The van der Waals surface area contributed by atoms with Gasteiger partial charge in [0.2, 0.25) is 0 Å². The Kier molecular flexibility index (Phi) is 9.12. The topological polar surface area (TPSA) is 74.2 Å². The molecule has 0 radical (unpaired) electrons. The van der Waals surface area contributed by atoms with Crippen molar-refractivity contribution in [2.75, 3.05) is 39.2 Å². The Labute approximate surface area is 223 Å². The lowest BCUT2D eigenvalue weighted by atomic mass is 9.85. The molecule has 0 aromatic heterocycles. The van der Waals surface area contributed by atoms with Crippen LogP contribution in [0.5, 0.6) is 0 Å². The zero-order chi connectivity index (χ0) is 28.2. The van der Waals surface area contributed by atoms with Gasteiger partial charge >= 0.3 is 6.09 Å². The van der Waals surface area contributed by atoms with Crippen LogP contribution in [0.15, 0.2) is 35.3 Å². The standard InChI is InChI=1S/C27H32F2N4O3.C2H6/c1-27(2,3)36-26(35)33-10-8-16(9-11-33)23-21-14-18(28)13-20(24(21)31-15-30-23)19-7-6-17(12-22(19)29)25(34)32(4)5;1-2/h6-7,12-14,16,31H,8-11,15H2,1-5H3;1-2H3. The SMILES string of the molecule is CC.CN(C)C(=O)c1ccc(-c2cc(F)cc3c2NCN=C3C2CCN(C(=O)OC(C)(C)C)CC2)c(F)c1. The van der Waals surface area contributed by atoms with Crippen molar-refractivity contribution in [1.29, 1.82) is 0 Å². The Hall–Kier alpha value is -3.49. The first-order valence-electron chi connectivity index (χ1n) is 13.1. The Balaban J connectivity index is 0.00000195. The number of fused-ring (bicyclic) bond motifs is 1. The summed E-state index contributed by atoms with van der Waals surface area (Å²) in [5.41, 5.74) is 2.21. The van der Waals surface area contributed by atoms with Gasteiger partial charge in [-0.2, -0.15) is 0 Å². The number of carbonyl (C=O) groups is 2. The average Bonchev–Trinajstić information content (AvgIpc) is 2.87. The van der Waals surface area contributed by atoms with Crippen molar-refractivity contribution < 1.29 is 23.1 Å². The van der Waals surface area contributed by atoms with Crippen LogP contribution in [-0.2, 0) is 4.74 Å². The summed E-state index contributed by atoms with van der Waals surface area (Å²) in [6, 6.07) is 6.95. The summed E-state index contributed by atoms with van der Waals surface area (Å²) >= 11 is 0. The fraction of sp³-hybridized carbons (Fsp3) is 0.483. The van der Waals surface area contributed by atoms with Crippen LogP contribution >= 0.6 is 0 Å². The second-order valence-corrected chi connectivity index (χ2v) is 10.4. The van der Waals surface area contributed by atoms with Crippen molar-refractivity contribution in [1.82, 2.24) is 9.80 Å². The molecule has 0 spiro atoms. The number of halogens is 2. The van der Waals surface area contributed by atoms with Crippen LogP contribution in [0.1, 0.15) is 63.4 Å². The maximum Gasteiger partial charge on any atom is 0.410 e. The molecule has 2 aromatic carbocycles. The molecule has 0 atom stereocenters. The number of nitrogens with zero attached hydrogens (tertiary/aromatic N) is 3. The predicted octanol–water partition coefficient (Wildman–Crippen LogP) is 6.18. The van der Waals surface area contributed by atoms with Gasteiger partial charge in [0.25, 0.3) is 5.91 Å². The lowest BCUT2D eigenvalue weighted by Gasteiger charge is -2.35. The van der Waals surface area contributed by atoms with E-state index in [-0.39, 0.29) is 35.7 Å². The average molecular weight is 529 g/mol. The van der Waals surface area contributed by atoms with E-state index in [9.17, 15) is 14.0 Å². The minimum Gasteiger partial charge on any atom is -0.444 e. The Morgan fingerprint density at radius 2 is 1.66 bits per heavy atom. The zero-order valence-electron chi connectivity index (χ0n) is 23.3. The van der Waals surface area contributed by atoms with Crippen molar-refractivity contribution in [3.05, 3.63) is 53.1 Å². The first kappa shape index (κ1) is 29.1. The molecule has 206 valence electrons. The number of hydrogen-bond donors (Lipinski definition) is 1. The van der Waals surface area contributed by atoms with E-state index in [1.807, 2.05) is 34.6 Å². The number of rotatable bonds is 3. The van der Waals surface area contributed by atoms with Gasteiger partial charge < -0.3 is 19.9 Å². The summed E-state index contributed by atoms with van der Waals surface area (Å²) in [6.07, 6.45) is 0.992. The number of nitrogens with one attached hydrogen (secondary N) is 1. The number of carbonyl (C=O) groups excluding carboxylic acids is 2. The molecule has 1 N–H and O–H groups in total. The van der Waals surface area contributed by atoms with Gasteiger partial charge in [0.1, 0.15) is 23.9 Å². The molecule has 2 heterocycles. The van der Waals surface area contributed by atoms with Crippen molar-refractivity contribution in [2.24, 2.45) is 10.9 Å². The Morgan fingerprint density at radius 1 is 1.03 bits per heavy atom. The number of benzene rings is 2. The summed E-state index contributed by atoms with van der Waals surface area (Å²) in [5, 5.41) is 3.18. The molecule has 0 unspecified atom stereocenters. The van der Waals surface area contributed by atoms with E-state index in [0.717, 1.165) is 5.71 Å². The number of piperidine rings is 1. The van der Waals surface area contributed by atoms with Gasteiger partial charge in [-0.3, -0.25) is 9.79 Å². The van der Waals surface area contributed by atoms with Crippen molar-refractivity contribution in [3.8, 4) is 11.1 Å². The third kappa shape index (κ3) is 6.49. The highest BCUT2D eigenvalue weighted by molar-refractivity contribution is 6.10. The molecule has 2 amide bonds. The molecule has 1 saturated heterocycles. The third-order valence-electron chi connectivity index (χ3n) is 6.33. The van der Waals surface area contributed by atoms with E-state index in [4.69, 9.17) is 4.74 Å². The van der Waals surface area contributed by atoms with Crippen molar-refractivity contribution in [3.63, 3.8) is 0 Å². The monoisotopic (exact) mass is 528 g/mol. The number of hydrogen-bond acceptors (Lipinski definition) is 5. The molecular formula is C29H38F2N4O3. The first-order chi connectivity index (χ1) is 17.9. The minimum absolute atomic E-state index is 0.0316. The van der Waals surface area contributed by atoms with Crippen LogP contribution in [0, 0.1) is 17.6 Å². The number of ether oxygens (including phenoxy) is 1. The molecular weight excluding hydrogens is 490 g/mol. The Morgan fingerprint density at radius 3 is 2.24 bits per heavy atom. The summed E-state index contributed by atoms with van der Waals surface area (Å²) in [5.74, 6) is -1.39. The zero-order valence-corrected chi connectivity index (χ0v) is 23.3. The molecule has 38 heavy (non-hydrogen) atoms. The number of aliphatic imine (C=N–C) groups is 1. The molecule has 2 aliphatic heterocycles. The van der Waals surface area contributed by atoms with E-state index in [1.165, 1.54) is 29.2 Å². The first-order valence-corrected chi connectivity index (χ1v) is 13.1. The second-order valence-electron chi connectivity index (χ2n) is 10.4. The van der Waals surface area contributed by atoms with Gasteiger partial charge in [0, 0.05) is 61.1 Å². The summed E-state index contributed by atoms with van der Waals surface area (Å²) < 4.78 is 35.4. The molecule has 1 fully saturated rings. The van der Waals surface area contributed by atoms with Crippen molar-refractivity contribution in [2.45, 2.75) is 53.1 Å². The smallest absolute Gasteiger partial charge is 0.410 e. The third-order valence-corrected chi connectivity index (χ3v) is 6.33. The van der Waals surface area contributed by atoms with Gasteiger partial charge in [-0.15, -0.1) is 0 Å². The van der Waals surface area contributed by atoms with Crippen LogP contribution in [0.3, 0.4) is 0 Å². The maximum absolute atomic E-state index is 15.1. The van der Waals surface area contributed by atoms with Gasteiger partial charge in [-0.1, -0.05) is 19.9 Å².